The molecule has 0 bridgehead atoms. The number of hydrogen-bond acceptors (Lipinski definition) is 6. The number of aryl methyl sites for hydroxylation is 1. The number of nitrogens with one attached hydrogen (secondary N) is 1. The van der Waals surface area contributed by atoms with Gasteiger partial charge in [-0.05, 0) is 13.0 Å². The molecule has 0 saturated carbocycles. The second-order valence-corrected chi connectivity index (χ2v) is 4.81. The number of nitro groups is 2. The number of nitrogens with zero attached hydrogens (tertiary/aromatic N) is 3. The van der Waals surface area contributed by atoms with Crippen LogP contribution in [0.15, 0.2) is 47.6 Å². The molecule has 1 amide bonds. The topological polar surface area (TPSA) is 128 Å². The van der Waals surface area contributed by atoms with Crippen molar-refractivity contribution in [1.82, 2.24) is 5.43 Å². The molecule has 0 heterocycles. The molecule has 0 unspecified atom stereocenters. The molecule has 2 aromatic carbocycles. The third-order valence-electron chi connectivity index (χ3n) is 3.13. The molecule has 0 fully saturated rings. The molecule has 2 rings (SSSR count). The van der Waals surface area contributed by atoms with E-state index >= 15 is 0 Å². The van der Waals surface area contributed by atoms with Crippen LogP contribution in [-0.2, 0) is 0 Å². The van der Waals surface area contributed by atoms with Gasteiger partial charge in [-0.2, -0.15) is 5.10 Å². The van der Waals surface area contributed by atoms with E-state index in [-0.39, 0.29) is 16.9 Å². The van der Waals surface area contributed by atoms with Crippen molar-refractivity contribution in [3.8, 4) is 0 Å². The zero-order valence-electron chi connectivity index (χ0n) is 12.5. The molecule has 0 spiro atoms. The van der Waals surface area contributed by atoms with Gasteiger partial charge in [-0.25, -0.2) is 5.43 Å². The first-order valence-electron chi connectivity index (χ1n) is 6.71. The molecule has 9 nitrogen and oxygen atoms in total. The summed E-state index contributed by atoms with van der Waals surface area (Å²) in [5.74, 6) is -0.625. The van der Waals surface area contributed by atoms with Crippen molar-refractivity contribution < 1.29 is 14.6 Å². The Hall–Kier alpha value is -3.62. The number of hydrazone groups is 1. The Kier molecular flexibility index (Phi) is 4.95. The van der Waals surface area contributed by atoms with E-state index in [1.807, 2.05) is 0 Å². The summed E-state index contributed by atoms with van der Waals surface area (Å²) < 4.78 is 0. The number of nitro benzene ring substituents is 2. The molecule has 0 atom stereocenters. The first-order valence-corrected chi connectivity index (χ1v) is 6.71. The highest BCUT2D eigenvalue weighted by molar-refractivity contribution is 5.95. The van der Waals surface area contributed by atoms with Gasteiger partial charge < -0.3 is 0 Å². The van der Waals surface area contributed by atoms with Gasteiger partial charge in [0.1, 0.15) is 0 Å². The van der Waals surface area contributed by atoms with Gasteiger partial charge in [0, 0.05) is 34.9 Å². The first-order chi connectivity index (χ1) is 11.4. The van der Waals surface area contributed by atoms with Gasteiger partial charge in [0.05, 0.1) is 16.1 Å². The van der Waals surface area contributed by atoms with Gasteiger partial charge in [-0.1, -0.05) is 18.2 Å². The summed E-state index contributed by atoms with van der Waals surface area (Å²) in [7, 11) is 0. The highest BCUT2D eigenvalue weighted by Crippen LogP contribution is 2.19. The summed E-state index contributed by atoms with van der Waals surface area (Å²) in [6.45, 7) is 1.57. The lowest BCUT2D eigenvalue weighted by atomic mass is 10.1. The monoisotopic (exact) mass is 328 g/mol. The van der Waals surface area contributed by atoms with Crippen LogP contribution in [0.4, 0.5) is 11.4 Å². The highest BCUT2D eigenvalue weighted by atomic mass is 16.6. The van der Waals surface area contributed by atoms with Crippen LogP contribution in [0.3, 0.4) is 0 Å². The lowest BCUT2D eigenvalue weighted by Crippen LogP contribution is -2.17. The van der Waals surface area contributed by atoms with Crippen LogP contribution in [0.25, 0.3) is 0 Å². The quantitative estimate of drug-likeness (QED) is 0.512. The van der Waals surface area contributed by atoms with E-state index in [1.165, 1.54) is 36.5 Å². The maximum Gasteiger partial charge on any atom is 0.273 e. The number of non-ortho nitro benzene ring substituents is 1. The standard InChI is InChI=1S/C15H12N4O5/c1-10-5-6-12(8-14(10)19(23)24)15(20)17-16-9-11-3-2-4-13(7-11)18(21)22/h2-9H,1H3,(H,17,20)/b16-9-. The Balaban J connectivity index is 2.10. The average molecular weight is 328 g/mol. The zero-order chi connectivity index (χ0) is 17.7. The van der Waals surface area contributed by atoms with Crippen molar-refractivity contribution in [3.05, 3.63) is 79.4 Å². The minimum Gasteiger partial charge on any atom is -0.267 e. The van der Waals surface area contributed by atoms with E-state index in [4.69, 9.17) is 0 Å². The van der Waals surface area contributed by atoms with E-state index in [9.17, 15) is 25.0 Å². The van der Waals surface area contributed by atoms with Gasteiger partial charge in [0.25, 0.3) is 17.3 Å². The summed E-state index contributed by atoms with van der Waals surface area (Å²) in [5.41, 5.74) is 2.92. The van der Waals surface area contributed by atoms with Crippen molar-refractivity contribution in [2.75, 3.05) is 0 Å². The smallest absolute Gasteiger partial charge is 0.267 e. The van der Waals surface area contributed by atoms with Crippen LogP contribution in [0, 0.1) is 27.2 Å². The van der Waals surface area contributed by atoms with Crippen molar-refractivity contribution in [1.29, 1.82) is 0 Å². The second kappa shape index (κ2) is 7.09. The average Bonchev–Trinajstić information content (AvgIpc) is 2.55. The van der Waals surface area contributed by atoms with Gasteiger partial charge in [-0.15, -0.1) is 0 Å². The number of amides is 1. The fourth-order valence-electron chi connectivity index (χ4n) is 1.90. The van der Waals surface area contributed by atoms with Crippen LogP contribution >= 0.6 is 0 Å². The maximum absolute atomic E-state index is 11.9. The normalized spacial score (nSPS) is 10.5. The number of rotatable bonds is 5. The SMILES string of the molecule is Cc1ccc(C(=O)N/N=C\c2cccc([N+](=O)[O-])c2)cc1[N+](=O)[O-]. The van der Waals surface area contributed by atoms with Crippen molar-refractivity contribution >= 4 is 23.5 Å². The lowest BCUT2D eigenvalue weighted by Gasteiger charge is -2.02. The van der Waals surface area contributed by atoms with E-state index in [1.54, 1.807) is 13.0 Å². The Labute approximate surface area is 135 Å². The van der Waals surface area contributed by atoms with Crippen LogP contribution in [-0.4, -0.2) is 22.0 Å². The lowest BCUT2D eigenvalue weighted by molar-refractivity contribution is -0.385. The summed E-state index contributed by atoms with van der Waals surface area (Å²) >= 11 is 0. The van der Waals surface area contributed by atoms with Gasteiger partial charge in [0.15, 0.2) is 0 Å². The Bertz CT molecular complexity index is 848. The molecule has 122 valence electrons. The molecule has 0 aliphatic heterocycles. The summed E-state index contributed by atoms with van der Waals surface area (Å²) in [5, 5.41) is 25.2. The molecule has 0 aliphatic rings. The van der Waals surface area contributed by atoms with Crippen LogP contribution in [0.2, 0.25) is 0 Å². The van der Waals surface area contributed by atoms with Crippen molar-refractivity contribution in [2.24, 2.45) is 5.10 Å². The molecule has 0 radical (unpaired) electrons. The molecule has 0 aromatic heterocycles. The number of hydrogen-bond donors (Lipinski definition) is 1. The highest BCUT2D eigenvalue weighted by Gasteiger charge is 2.14. The zero-order valence-corrected chi connectivity index (χ0v) is 12.5. The van der Waals surface area contributed by atoms with Crippen LogP contribution < -0.4 is 5.43 Å². The number of benzene rings is 2. The van der Waals surface area contributed by atoms with E-state index < -0.39 is 15.8 Å². The van der Waals surface area contributed by atoms with Crippen molar-refractivity contribution in [2.45, 2.75) is 6.92 Å². The third kappa shape index (κ3) is 3.97. The predicted molar refractivity (Wildman–Crippen MR) is 86.0 cm³/mol. The molecule has 1 N–H and O–H groups in total. The third-order valence-corrected chi connectivity index (χ3v) is 3.13. The van der Waals surface area contributed by atoms with Crippen LogP contribution in [0.1, 0.15) is 21.5 Å². The fourth-order valence-corrected chi connectivity index (χ4v) is 1.90. The first kappa shape index (κ1) is 16.7. The van der Waals surface area contributed by atoms with Crippen LogP contribution in [0.5, 0.6) is 0 Å². The summed E-state index contributed by atoms with van der Waals surface area (Å²) in [6.07, 6.45) is 1.24. The second-order valence-electron chi connectivity index (χ2n) is 4.81. The van der Waals surface area contributed by atoms with E-state index in [0.717, 1.165) is 6.07 Å². The van der Waals surface area contributed by atoms with Crippen molar-refractivity contribution in [3.63, 3.8) is 0 Å². The minimum absolute atomic E-state index is 0.0866. The Morgan fingerprint density at radius 2 is 1.88 bits per heavy atom. The Morgan fingerprint density at radius 3 is 2.54 bits per heavy atom. The molecule has 0 saturated heterocycles. The molecule has 9 heteroatoms. The molecular weight excluding hydrogens is 316 g/mol. The maximum atomic E-state index is 11.9. The summed E-state index contributed by atoms with van der Waals surface area (Å²) in [6, 6.07) is 9.78. The predicted octanol–water partition coefficient (Wildman–Crippen LogP) is 2.58. The number of carbonyl (C=O) groups excluding carboxylic acids is 1. The minimum atomic E-state index is -0.625. The summed E-state index contributed by atoms with van der Waals surface area (Å²) in [4.78, 5) is 32.4. The largest absolute Gasteiger partial charge is 0.273 e. The molecule has 0 aliphatic carbocycles. The fraction of sp³-hybridized carbons (Fsp3) is 0.0667. The van der Waals surface area contributed by atoms with Gasteiger partial charge in [-0.3, -0.25) is 25.0 Å². The number of carbonyl (C=O) groups is 1. The molecule has 24 heavy (non-hydrogen) atoms. The van der Waals surface area contributed by atoms with E-state index in [0.29, 0.717) is 11.1 Å². The Morgan fingerprint density at radius 1 is 1.12 bits per heavy atom. The molecular formula is C15H12N4O5. The van der Waals surface area contributed by atoms with Gasteiger partial charge in [0.2, 0.25) is 0 Å². The van der Waals surface area contributed by atoms with E-state index in [2.05, 4.69) is 10.5 Å². The van der Waals surface area contributed by atoms with Gasteiger partial charge >= 0.3 is 0 Å². The molecule has 2 aromatic rings.